The van der Waals surface area contributed by atoms with Gasteiger partial charge in [-0.25, -0.2) is 19.9 Å². The smallest absolute Gasteiger partial charge is 0.160 e. The molecule has 0 spiro atoms. The lowest BCUT2D eigenvalue weighted by Crippen LogP contribution is -1.94. The number of fused-ring (bicyclic) bond motifs is 2. The van der Waals surface area contributed by atoms with Crippen molar-refractivity contribution < 1.29 is 0 Å². The second-order valence-corrected chi connectivity index (χ2v) is 12.4. The zero-order chi connectivity index (χ0) is 31.3. The van der Waals surface area contributed by atoms with Crippen LogP contribution in [0, 0.1) is 0 Å². The molecular weight excluding hydrogens is 696 g/mol. The lowest BCUT2D eigenvalue weighted by atomic mass is 10.1. The van der Waals surface area contributed by atoms with Gasteiger partial charge >= 0.3 is 0 Å². The molecule has 0 atom stereocenters. The van der Waals surface area contributed by atoms with Gasteiger partial charge in [0.1, 0.15) is 0 Å². The van der Waals surface area contributed by atoms with Gasteiger partial charge in [-0.1, -0.05) is 153 Å². The van der Waals surface area contributed by atoms with Gasteiger partial charge in [-0.3, -0.25) is 0 Å². The summed E-state index contributed by atoms with van der Waals surface area (Å²) in [5.41, 5.74) is 8.06. The summed E-state index contributed by atoms with van der Waals surface area (Å²) in [6.45, 7) is 0. The van der Waals surface area contributed by atoms with E-state index in [1.165, 1.54) is 0 Å². The fourth-order valence-corrected chi connectivity index (χ4v) is 5.77. The zero-order valence-corrected chi connectivity index (χ0v) is 27.7. The van der Waals surface area contributed by atoms with Crippen molar-refractivity contribution in [2.75, 3.05) is 0 Å². The SMILES string of the molecule is Brc1ccc(-c2nc(-c3ccccc3)nc3ccccc23)cc1.Brc1ccc(-c2nc(-c3ccccc3)nc3ccccc23)cc1. The first-order valence-electron chi connectivity index (χ1n) is 14.8. The average molecular weight is 722 g/mol. The van der Waals surface area contributed by atoms with E-state index in [-0.39, 0.29) is 0 Å². The maximum atomic E-state index is 4.84. The van der Waals surface area contributed by atoms with Crippen LogP contribution in [0.15, 0.2) is 167 Å². The van der Waals surface area contributed by atoms with Gasteiger partial charge in [0, 0.05) is 42.0 Å². The fraction of sp³-hybridized carbons (Fsp3) is 0. The number of rotatable bonds is 4. The van der Waals surface area contributed by atoms with E-state index in [0.29, 0.717) is 0 Å². The fourth-order valence-electron chi connectivity index (χ4n) is 5.24. The highest BCUT2D eigenvalue weighted by Crippen LogP contribution is 2.31. The van der Waals surface area contributed by atoms with Gasteiger partial charge in [0.25, 0.3) is 0 Å². The highest BCUT2D eigenvalue weighted by atomic mass is 79.9. The Bertz CT molecular complexity index is 2090. The predicted octanol–water partition coefficient (Wildman–Crippen LogP) is 11.5. The summed E-state index contributed by atoms with van der Waals surface area (Å²) in [6.07, 6.45) is 0. The Labute approximate surface area is 284 Å². The van der Waals surface area contributed by atoms with Crippen LogP contribution in [0.3, 0.4) is 0 Å². The molecule has 0 fully saturated rings. The molecule has 6 aromatic carbocycles. The number of benzene rings is 6. The van der Waals surface area contributed by atoms with Crippen molar-refractivity contribution in [3.05, 3.63) is 167 Å². The first kappa shape index (κ1) is 29.7. The van der Waals surface area contributed by atoms with Crippen molar-refractivity contribution in [3.8, 4) is 45.3 Å². The van der Waals surface area contributed by atoms with E-state index in [4.69, 9.17) is 19.9 Å². The molecule has 6 heteroatoms. The van der Waals surface area contributed by atoms with Crippen LogP contribution in [-0.4, -0.2) is 19.9 Å². The van der Waals surface area contributed by atoms with Crippen molar-refractivity contribution in [1.82, 2.24) is 19.9 Å². The summed E-state index contributed by atoms with van der Waals surface area (Å²) in [4.78, 5) is 19.1. The summed E-state index contributed by atoms with van der Waals surface area (Å²) in [5, 5.41) is 2.13. The van der Waals surface area contributed by atoms with Crippen LogP contribution < -0.4 is 0 Å². The third-order valence-corrected chi connectivity index (χ3v) is 8.56. The lowest BCUT2D eigenvalue weighted by molar-refractivity contribution is 1.23. The molecule has 0 radical (unpaired) electrons. The molecule has 8 rings (SSSR count). The minimum absolute atomic E-state index is 0.752. The Morgan fingerprint density at radius 2 is 0.652 bits per heavy atom. The topological polar surface area (TPSA) is 51.6 Å². The molecule has 220 valence electrons. The average Bonchev–Trinajstić information content (AvgIpc) is 3.12. The van der Waals surface area contributed by atoms with Crippen molar-refractivity contribution in [3.63, 3.8) is 0 Å². The van der Waals surface area contributed by atoms with E-state index >= 15 is 0 Å². The number of hydrogen-bond donors (Lipinski definition) is 0. The molecule has 0 aliphatic carbocycles. The molecule has 8 aromatic rings. The minimum Gasteiger partial charge on any atom is -0.228 e. The third-order valence-electron chi connectivity index (χ3n) is 7.51. The monoisotopic (exact) mass is 720 g/mol. The van der Waals surface area contributed by atoms with Crippen LogP contribution >= 0.6 is 31.9 Å². The van der Waals surface area contributed by atoms with Crippen LogP contribution in [0.4, 0.5) is 0 Å². The van der Waals surface area contributed by atoms with Crippen molar-refractivity contribution in [1.29, 1.82) is 0 Å². The minimum atomic E-state index is 0.752. The van der Waals surface area contributed by atoms with Gasteiger partial charge in [-0.15, -0.1) is 0 Å². The van der Waals surface area contributed by atoms with Crippen LogP contribution in [0.1, 0.15) is 0 Å². The second kappa shape index (κ2) is 13.5. The third kappa shape index (κ3) is 6.50. The van der Waals surface area contributed by atoms with E-state index in [9.17, 15) is 0 Å². The maximum absolute atomic E-state index is 4.84. The normalized spacial score (nSPS) is 10.8. The first-order valence-corrected chi connectivity index (χ1v) is 16.4. The van der Waals surface area contributed by atoms with Crippen LogP contribution in [0.2, 0.25) is 0 Å². The van der Waals surface area contributed by atoms with E-state index in [1.807, 2.05) is 121 Å². The number of para-hydroxylation sites is 2. The van der Waals surface area contributed by atoms with E-state index < -0.39 is 0 Å². The summed E-state index contributed by atoms with van der Waals surface area (Å²) in [7, 11) is 0. The lowest BCUT2D eigenvalue weighted by Gasteiger charge is -2.09. The second-order valence-electron chi connectivity index (χ2n) is 10.6. The summed E-state index contributed by atoms with van der Waals surface area (Å²) in [5.74, 6) is 1.50. The van der Waals surface area contributed by atoms with Gasteiger partial charge in [-0.05, 0) is 36.4 Å². The molecule has 0 N–H and O–H groups in total. The molecule has 4 nitrogen and oxygen atoms in total. The quantitative estimate of drug-likeness (QED) is 0.181. The first-order chi connectivity index (χ1) is 22.6. The Kier molecular flexibility index (Phi) is 8.72. The van der Waals surface area contributed by atoms with E-state index in [2.05, 4.69) is 68.3 Å². The predicted molar refractivity (Wildman–Crippen MR) is 196 cm³/mol. The van der Waals surface area contributed by atoms with Crippen LogP contribution in [0.5, 0.6) is 0 Å². The standard InChI is InChI=1S/2C20H13BrN2/c2*21-16-12-10-14(11-13-16)19-17-8-4-5-9-18(17)22-20(23-19)15-6-2-1-3-7-15/h2*1-13H. The highest BCUT2D eigenvalue weighted by molar-refractivity contribution is 9.10. The van der Waals surface area contributed by atoms with Crippen molar-refractivity contribution in [2.24, 2.45) is 0 Å². The molecule has 2 aromatic heterocycles. The molecule has 0 saturated carbocycles. The molecule has 2 heterocycles. The van der Waals surface area contributed by atoms with Gasteiger partial charge in [0.15, 0.2) is 11.6 Å². The Balaban J connectivity index is 0.000000147. The molecule has 0 aliphatic rings. The maximum Gasteiger partial charge on any atom is 0.160 e. The van der Waals surface area contributed by atoms with Crippen LogP contribution in [-0.2, 0) is 0 Å². The van der Waals surface area contributed by atoms with Crippen LogP contribution in [0.25, 0.3) is 67.1 Å². The molecule has 0 amide bonds. The van der Waals surface area contributed by atoms with Crippen molar-refractivity contribution in [2.45, 2.75) is 0 Å². The highest BCUT2D eigenvalue weighted by Gasteiger charge is 2.12. The largest absolute Gasteiger partial charge is 0.228 e. The Hall–Kier alpha value is -5.04. The molecular formula is C40H26Br2N4. The molecule has 0 bridgehead atoms. The number of aromatic nitrogens is 4. The summed E-state index contributed by atoms with van der Waals surface area (Å²) >= 11 is 6.97. The number of hydrogen-bond acceptors (Lipinski definition) is 4. The zero-order valence-electron chi connectivity index (χ0n) is 24.6. The summed E-state index contributed by atoms with van der Waals surface area (Å²) in [6, 6.07) is 52.9. The number of halogens is 2. The van der Waals surface area contributed by atoms with Gasteiger partial charge < -0.3 is 0 Å². The Morgan fingerprint density at radius 1 is 0.304 bits per heavy atom. The van der Waals surface area contributed by atoms with Crippen molar-refractivity contribution >= 4 is 53.7 Å². The summed E-state index contributed by atoms with van der Waals surface area (Å²) < 4.78 is 2.12. The van der Waals surface area contributed by atoms with Gasteiger partial charge in [-0.2, -0.15) is 0 Å². The molecule has 46 heavy (non-hydrogen) atoms. The molecule has 0 saturated heterocycles. The van der Waals surface area contributed by atoms with E-state index in [1.54, 1.807) is 0 Å². The van der Waals surface area contributed by atoms with Gasteiger partial charge in [0.2, 0.25) is 0 Å². The molecule has 0 unspecified atom stereocenters. The molecule has 0 aliphatic heterocycles. The van der Waals surface area contributed by atoms with E-state index in [0.717, 1.165) is 76.0 Å². The van der Waals surface area contributed by atoms with Gasteiger partial charge in [0.05, 0.1) is 22.4 Å². The Morgan fingerprint density at radius 3 is 1.04 bits per heavy atom. The number of nitrogens with zero attached hydrogens (tertiary/aromatic N) is 4.